The zero-order chi connectivity index (χ0) is 22.3. The van der Waals surface area contributed by atoms with Gasteiger partial charge in [0.1, 0.15) is 5.82 Å². The van der Waals surface area contributed by atoms with Crippen LogP contribution >= 0.6 is 0 Å². The number of aryl methyl sites for hydroxylation is 3. The van der Waals surface area contributed by atoms with Crippen LogP contribution < -0.4 is 0 Å². The standard InChI is InChI=1S/C26H26N4O2/c1-2-17-30-24(28-23(29-30)15-12-19-7-4-3-5-8-19)18-20-10-13-21(14-11-20)25-22(26(31)32)9-6-16-27-25/h3-11,13-14,16H,2,12,15,17-18H2,1H3,(H,31,32). The minimum absolute atomic E-state index is 0.200. The second kappa shape index (κ2) is 10.0. The Morgan fingerprint density at radius 1 is 0.938 bits per heavy atom. The van der Waals surface area contributed by atoms with Gasteiger partial charge in [0, 0.05) is 31.1 Å². The Bertz CT molecular complexity index is 1180. The van der Waals surface area contributed by atoms with Crippen LogP contribution in [0.4, 0.5) is 0 Å². The van der Waals surface area contributed by atoms with Gasteiger partial charge in [-0.25, -0.2) is 14.5 Å². The molecule has 0 aliphatic heterocycles. The van der Waals surface area contributed by atoms with E-state index < -0.39 is 5.97 Å². The van der Waals surface area contributed by atoms with E-state index in [0.29, 0.717) is 12.1 Å². The SMILES string of the molecule is CCCn1nc(CCc2ccccc2)nc1Cc1ccc(-c2ncccc2C(=O)O)cc1. The van der Waals surface area contributed by atoms with Crippen LogP contribution in [0.25, 0.3) is 11.3 Å². The molecule has 0 radical (unpaired) electrons. The van der Waals surface area contributed by atoms with Gasteiger partial charge in [0.25, 0.3) is 0 Å². The van der Waals surface area contributed by atoms with E-state index in [1.165, 1.54) is 5.56 Å². The molecule has 0 fully saturated rings. The minimum Gasteiger partial charge on any atom is -0.478 e. The van der Waals surface area contributed by atoms with Gasteiger partial charge in [-0.05, 0) is 36.1 Å². The molecule has 6 nitrogen and oxygen atoms in total. The lowest BCUT2D eigenvalue weighted by Gasteiger charge is -2.07. The highest BCUT2D eigenvalue weighted by Gasteiger charge is 2.14. The van der Waals surface area contributed by atoms with Gasteiger partial charge < -0.3 is 5.11 Å². The van der Waals surface area contributed by atoms with Crippen LogP contribution in [0.3, 0.4) is 0 Å². The molecule has 6 heteroatoms. The summed E-state index contributed by atoms with van der Waals surface area (Å²) in [5.41, 5.74) is 3.84. The summed E-state index contributed by atoms with van der Waals surface area (Å²) in [6.07, 6.45) is 5.00. The molecule has 0 amide bonds. The van der Waals surface area contributed by atoms with E-state index in [0.717, 1.165) is 48.6 Å². The van der Waals surface area contributed by atoms with Crippen molar-refractivity contribution in [3.8, 4) is 11.3 Å². The van der Waals surface area contributed by atoms with Crippen LogP contribution in [0.1, 0.15) is 46.5 Å². The molecule has 0 aliphatic rings. The second-order valence-corrected chi connectivity index (χ2v) is 7.73. The van der Waals surface area contributed by atoms with Crippen molar-refractivity contribution in [2.75, 3.05) is 0 Å². The Hall–Kier alpha value is -3.80. The van der Waals surface area contributed by atoms with Crippen molar-refractivity contribution < 1.29 is 9.90 Å². The van der Waals surface area contributed by atoms with Crippen molar-refractivity contribution in [2.24, 2.45) is 0 Å². The number of rotatable bonds is 9. The normalized spacial score (nSPS) is 10.9. The molecule has 0 saturated carbocycles. The molecule has 1 N–H and O–H groups in total. The van der Waals surface area contributed by atoms with E-state index in [4.69, 9.17) is 10.1 Å². The number of carboxylic acids is 1. The molecule has 0 unspecified atom stereocenters. The van der Waals surface area contributed by atoms with Gasteiger partial charge in [-0.15, -0.1) is 0 Å². The van der Waals surface area contributed by atoms with Gasteiger partial charge in [-0.3, -0.25) is 4.98 Å². The molecule has 0 saturated heterocycles. The van der Waals surface area contributed by atoms with Crippen LogP contribution in [0.5, 0.6) is 0 Å². The van der Waals surface area contributed by atoms with Crippen LogP contribution in [0.2, 0.25) is 0 Å². The third-order valence-corrected chi connectivity index (χ3v) is 5.34. The zero-order valence-electron chi connectivity index (χ0n) is 18.1. The molecule has 0 bridgehead atoms. The van der Waals surface area contributed by atoms with Gasteiger partial charge in [0.15, 0.2) is 5.82 Å². The van der Waals surface area contributed by atoms with Crippen LogP contribution in [-0.4, -0.2) is 30.8 Å². The summed E-state index contributed by atoms with van der Waals surface area (Å²) in [4.78, 5) is 20.6. The van der Waals surface area contributed by atoms with E-state index in [1.54, 1.807) is 18.3 Å². The molecule has 0 atom stereocenters. The van der Waals surface area contributed by atoms with Crippen LogP contribution in [-0.2, 0) is 25.8 Å². The van der Waals surface area contributed by atoms with Crippen LogP contribution in [0.15, 0.2) is 72.9 Å². The molecular formula is C26H26N4O2. The molecule has 4 rings (SSSR count). The molecule has 2 aromatic carbocycles. The highest BCUT2D eigenvalue weighted by molar-refractivity contribution is 5.94. The summed E-state index contributed by atoms with van der Waals surface area (Å²) in [6.45, 7) is 2.97. The maximum absolute atomic E-state index is 11.5. The number of pyridine rings is 1. The Labute approximate surface area is 187 Å². The molecule has 162 valence electrons. The van der Waals surface area contributed by atoms with Gasteiger partial charge in [-0.1, -0.05) is 61.5 Å². The highest BCUT2D eigenvalue weighted by atomic mass is 16.4. The maximum atomic E-state index is 11.5. The molecule has 0 spiro atoms. The second-order valence-electron chi connectivity index (χ2n) is 7.73. The van der Waals surface area contributed by atoms with Crippen molar-refractivity contribution in [1.29, 1.82) is 0 Å². The number of aromatic nitrogens is 4. The lowest BCUT2D eigenvalue weighted by molar-refractivity contribution is 0.0697. The van der Waals surface area contributed by atoms with E-state index in [2.05, 4.69) is 36.2 Å². The van der Waals surface area contributed by atoms with Gasteiger partial charge in [-0.2, -0.15) is 5.10 Å². The Kier molecular flexibility index (Phi) is 6.70. The Morgan fingerprint density at radius 3 is 2.44 bits per heavy atom. The first-order chi connectivity index (χ1) is 15.6. The van der Waals surface area contributed by atoms with Crippen molar-refractivity contribution in [2.45, 2.75) is 39.2 Å². The number of carboxylic acid groups (broad SMARTS) is 1. The van der Waals surface area contributed by atoms with Gasteiger partial charge in [0.05, 0.1) is 11.3 Å². The average Bonchev–Trinajstić information content (AvgIpc) is 3.20. The predicted octanol–water partition coefficient (Wildman–Crippen LogP) is 4.82. The first-order valence-corrected chi connectivity index (χ1v) is 10.9. The summed E-state index contributed by atoms with van der Waals surface area (Å²) in [5.74, 6) is 0.841. The monoisotopic (exact) mass is 426 g/mol. The number of hydrogen-bond acceptors (Lipinski definition) is 4. The van der Waals surface area contributed by atoms with E-state index in [1.807, 2.05) is 35.0 Å². The van der Waals surface area contributed by atoms with Gasteiger partial charge >= 0.3 is 5.97 Å². The lowest BCUT2D eigenvalue weighted by atomic mass is 10.0. The minimum atomic E-state index is -0.979. The van der Waals surface area contributed by atoms with E-state index in [9.17, 15) is 9.90 Å². The number of nitrogens with zero attached hydrogens (tertiary/aromatic N) is 4. The van der Waals surface area contributed by atoms with E-state index >= 15 is 0 Å². The summed E-state index contributed by atoms with van der Waals surface area (Å²) >= 11 is 0. The maximum Gasteiger partial charge on any atom is 0.337 e. The first-order valence-electron chi connectivity index (χ1n) is 10.9. The average molecular weight is 427 g/mol. The third kappa shape index (κ3) is 5.09. The number of carbonyl (C=O) groups is 1. The van der Waals surface area contributed by atoms with Crippen molar-refractivity contribution in [3.05, 3.63) is 101 Å². The summed E-state index contributed by atoms with van der Waals surface area (Å²) in [7, 11) is 0. The Balaban J connectivity index is 1.51. The predicted molar refractivity (Wildman–Crippen MR) is 124 cm³/mol. The lowest BCUT2D eigenvalue weighted by Crippen LogP contribution is -2.06. The summed E-state index contributed by atoms with van der Waals surface area (Å²) < 4.78 is 2.01. The fraction of sp³-hybridized carbons (Fsp3) is 0.231. The topological polar surface area (TPSA) is 80.9 Å². The fourth-order valence-electron chi connectivity index (χ4n) is 3.73. The quantitative estimate of drug-likeness (QED) is 0.415. The van der Waals surface area contributed by atoms with Gasteiger partial charge in [0.2, 0.25) is 0 Å². The molecular weight excluding hydrogens is 400 g/mol. The van der Waals surface area contributed by atoms with Crippen molar-refractivity contribution >= 4 is 5.97 Å². The van der Waals surface area contributed by atoms with Crippen molar-refractivity contribution in [3.63, 3.8) is 0 Å². The number of aromatic carboxylic acids is 1. The highest BCUT2D eigenvalue weighted by Crippen LogP contribution is 2.22. The molecule has 2 aromatic heterocycles. The zero-order valence-corrected chi connectivity index (χ0v) is 18.1. The summed E-state index contributed by atoms with van der Waals surface area (Å²) in [5, 5.41) is 14.2. The molecule has 4 aromatic rings. The fourth-order valence-corrected chi connectivity index (χ4v) is 3.73. The molecule has 32 heavy (non-hydrogen) atoms. The van der Waals surface area contributed by atoms with Crippen LogP contribution in [0, 0.1) is 0 Å². The molecule has 2 heterocycles. The van der Waals surface area contributed by atoms with Crippen molar-refractivity contribution in [1.82, 2.24) is 19.7 Å². The molecule has 0 aliphatic carbocycles. The first kappa shape index (κ1) is 21.4. The largest absolute Gasteiger partial charge is 0.478 e. The third-order valence-electron chi connectivity index (χ3n) is 5.34. The smallest absolute Gasteiger partial charge is 0.337 e. The number of hydrogen-bond donors (Lipinski definition) is 1. The summed E-state index contributed by atoms with van der Waals surface area (Å²) in [6, 6.07) is 21.4. The number of benzene rings is 2. The van der Waals surface area contributed by atoms with E-state index in [-0.39, 0.29) is 5.56 Å². The Morgan fingerprint density at radius 2 is 1.72 bits per heavy atom.